The topological polar surface area (TPSA) is 207 Å². The zero-order valence-electron chi connectivity index (χ0n) is 5.87. The van der Waals surface area contributed by atoms with Crippen molar-refractivity contribution >= 4 is 15.6 Å². The molecule has 0 aromatic carbocycles. The molecule has 0 atom stereocenters. The van der Waals surface area contributed by atoms with E-state index in [-0.39, 0.29) is 0 Å². The third-order valence-corrected chi connectivity index (χ3v) is 0. The Hall–Kier alpha value is 0.989. The first-order chi connectivity index (χ1) is 6.00. The molecule has 0 saturated heterocycles. The van der Waals surface area contributed by atoms with Crippen LogP contribution in [-0.4, -0.2) is 0 Å². The minimum absolute atomic E-state index is 1.06. The summed E-state index contributed by atoms with van der Waals surface area (Å²) in [5.41, 5.74) is 0. The molecule has 0 aliphatic carbocycles. The molecule has 80 valence electrons. The van der Waals surface area contributed by atoms with Crippen molar-refractivity contribution in [3.05, 3.63) is 0 Å². The van der Waals surface area contributed by atoms with E-state index in [1.54, 1.807) is 0 Å². The fourth-order valence-electron chi connectivity index (χ4n) is 0. The Morgan fingerprint density at radius 2 is 0.571 bits per heavy atom. The minimum atomic E-state index is -5.39. The van der Waals surface area contributed by atoms with Crippen LogP contribution in [0, 0.1) is 0 Å². The Kier molecular flexibility index (Phi) is 24.3. The number of phosphoric acid groups is 2. The van der Waals surface area contributed by atoms with E-state index in [0.29, 0.717) is 0 Å². The molecule has 0 aromatic rings. The molecule has 0 radical (unpaired) electrons. The van der Waals surface area contributed by atoms with Crippen molar-refractivity contribution < 1.29 is 80.6 Å². The van der Waals surface area contributed by atoms with Crippen LogP contribution < -0.4 is 29.4 Å². The fraction of sp³-hybridized carbons (Fsp3) is 0. The second-order valence-corrected chi connectivity index (χ2v) is 2.68. The molecule has 14 heavy (non-hydrogen) atoms. The molecule has 14 heteroatoms. The van der Waals surface area contributed by atoms with Gasteiger partial charge in [0.15, 0.2) is 0 Å². The first-order valence-corrected chi connectivity index (χ1v) is 5.89. The summed E-state index contributed by atoms with van der Waals surface area (Å²) >= 11 is 2.12. The van der Waals surface area contributed by atoms with E-state index in [4.69, 9.17) is 45.8 Å². The molecule has 0 N–H and O–H groups in total. The van der Waals surface area contributed by atoms with Crippen LogP contribution in [-0.2, 0) is 51.2 Å². The van der Waals surface area contributed by atoms with Gasteiger partial charge in [0, 0.05) is 0 Å². The molecule has 10 nitrogen and oxygen atoms in total. The molecule has 0 saturated carbocycles. The average molecular weight is 324 g/mol. The molecule has 0 amide bonds. The van der Waals surface area contributed by atoms with Crippen molar-refractivity contribution in [3.63, 3.8) is 0 Å². The van der Waals surface area contributed by atoms with Crippen molar-refractivity contribution in [3.8, 4) is 0 Å². The van der Waals surface area contributed by atoms with E-state index in [1.165, 1.54) is 0 Å². The predicted molar refractivity (Wildman–Crippen MR) is 16.6 cm³/mol. The van der Waals surface area contributed by atoms with Gasteiger partial charge in [-0.3, -0.25) is 0 Å². The van der Waals surface area contributed by atoms with Crippen LogP contribution in [0.2, 0.25) is 0 Å². The monoisotopic (exact) mass is 324 g/mol. The van der Waals surface area contributed by atoms with Gasteiger partial charge in [0.25, 0.3) is 0 Å². The summed E-state index contributed by atoms with van der Waals surface area (Å²) in [5.74, 6) is 0. The van der Waals surface area contributed by atoms with E-state index in [2.05, 4.69) is 0 Å². The van der Waals surface area contributed by atoms with E-state index in [1.807, 2.05) is 0 Å². The van der Waals surface area contributed by atoms with E-state index >= 15 is 0 Å². The van der Waals surface area contributed by atoms with Gasteiger partial charge >= 0.3 is 42.1 Å². The van der Waals surface area contributed by atoms with Crippen molar-refractivity contribution in [2.24, 2.45) is 0 Å². The molecule has 0 fully saturated rings. The molecule has 0 unspecified atom stereocenters. The molecule has 0 heterocycles. The van der Waals surface area contributed by atoms with Gasteiger partial charge in [0.2, 0.25) is 0 Å². The van der Waals surface area contributed by atoms with Gasteiger partial charge in [0.05, 0.1) is 0 Å². The van der Waals surface area contributed by atoms with Crippen LogP contribution >= 0.6 is 15.6 Å². The number of rotatable bonds is 0. The van der Waals surface area contributed by atoms with Crippen LogP contribution in [0.5, 0.6) is 0 Å². The van der Waals surface area contributed by atoms with Crippen LogP contribution in [0.1, 0.15) is 0 Å². The Bertz CT molecular complexity index is 150. The number of hydrogen-bond acceptors (Lipinski definition) is 10. The quantitative estimate of drug-likeness (QED) is 0.385. The zero-order valence-corrected chi connectivity index (χ0v) is 10.5. The fourth-order valence-corrected chi connectivity index (χ4v) is 0. The molecule has 0 aliphatic heterocycles. The maximum atomic E-state index is 8.55. The van der Waals surface area contributed by atoms with Gasteiger partial charge in [-0.05, 0) is 0 Å². The van der Waals surface area contributed by atoms with Crippen molar-refractivity contribution in [1.29, 1.82) is 0 Å². The molecule has 0 aliphatic rings. The molecular formula is O10P2V2. The molecular weight excluding hydrogens is 324 g/mol. The van der Waals surface area contributed by atoms with Crippen LogP contribution in [0.15, 0.2) is 0 Å². The van der Waals surface area contributed by atoms with E-state index < -0.39 is 15.6 Å². The van der Waals surface area contributed by atoms with Crippen LogP contribution in [0.4, 0.5) is 0 Å². The van der Waals surface area contributed by atoms with Crippen molar-refractivity contribution in [2.75, 3.05) is 0 Å². The summed E-state index contributed by atoms with van der Waals surface area (Å²) in [5, 5.41) is 0. The zero-order chi connectivity index (χ0) is 13.0. The Morgan fingerprint density at radius 3 is 0.571 bits per heavy atom. The van der Waals surface area contributed by atoms with Gasteiger partial charge in [-0.2, -0.15) is 15.6 Å². The first kappa shape index (κ1) is 24.3. The van der Waals surface area contributed by atoms with E-state index in [0.717, 1.165) is 34.7 Å². The van der Waals surface area contributed by atoms with Crippen LogP contribution in [0.3, 0.4) is 0 Å². The van der Waals surface area contributed by atoms with Gasteiger partial charge < -0.3 is 38.5 Å². The van der Waals surface area contributed by atoms with Gasteiger partial charge in [-0.1, -0.05) is 0 Å². The molecule has 0 aromatic heterocycles. The average Bonchev–Trinajstić information content (AvgIpc) is 1.88. The summed E-state index contributed by atoms with van der Waals surface area (Å²) in [6.45, 7) is 0. The number of hydrogen-bond donors (Lipinski definition) is 0. The standard InChI is InChI=1S/2H3O4P.2O.2V/c2*1-5(2,3)4;;;;/h2*(H3,1,2,3,4);;;;/q;;;;2*+3/p-6. The normalized spacial score (nSPS) is 9.29. The summed E-state index contributed by atoms with van der Waals surface area (Å²) in [4.78, 5) is 51.3. The van der Waals surface area contributed by atoms with Crippen LogP contribution in [0.25, 0.3) is 0 Å². The summed E-state index contributed by atoms with van der Waals surface area (Å²) < 4.78 is 33.5. The second-order valence-electron chi connectivity index (χ2n) is 0.894. The Morgan fingerprint density at radius 1 is 0.571 bits per heavy atom. The molecule has 0 spiro atoms. The third-order valence-electron chi connectivity index (χ3n) is 0. The SMILES string of the molecule is O=P([O-])([O-])[O-].O=P([O-])([O-])[O-].[O]=[V+3].[O]=[V+3]. The maximum absolute atomic E-state index is 8.55. The third kappa shape index (κ3) is 1910. The van der Waals surface area contributed by atoms with E-state index in [9.17, 15) is 0 Å². The predicted octanol–water partition coefficient (Wildman–Crippen LogP) is -5.89. The first-order valence-electron chi connectivity index (χ1n) is 1.83. The summed E-state index contributed by atoms with van der Waals surface area (Å²) in [7, 11) is -10.8. The molecule has 0 bridgehead atoms. The van der Waals surface area contributed by atoms with Gasteiger partial charge in [-0.25, -0.2) is 0 Å². The van der Waals surface area contributed by atoms with Gasteiger partial charge in [0.1, 0.15) is 0 Å². The molecule has 0 rings (SSSR count). The summed E-state index contributed by atoms with van der Waals surface area (Å²) in [6.07, 6.45) is 0. The Balaban J connectivity index is -0.0000000528. The van der Waals surface area contributed by atoms with Gasteiger partial charge in [-0.15, -0.1) is 0 Å². The van der Waals surface area contributed by atoms with Crippen molar-refractivity contribution in [2.45, 2.75) is 0 Å². The summed E-state index contributed by atoms with van der Waals surface area (Å²) in [6, 6.07) is 0. The second kappa shape index (κ2) is 14.0. The van der Waals surface area contributed by atoms with Crippen molar-refractivity contribution in [1.82, 2.24) is 0 Å². The Labute approximate surface area is 96.2 Å².